The third-order valence-corrected chi connectivity index (χ3v) is 6.91. The van der Waals surface area contributed by atoms with Gasteiger partial charge < -0.3 is 0 Å². The lowest BCUT2D eigenvalue weighted by molar-refractivity contribution is 0.306. The maximum absolute atomic E-state index is 3.74. The molecule has 0 aliphatic heterocycles. The quantitative estimate of drug-likeness (QED) is 0.438. The third kappa shape index (κ3) is 3.70. The molecule has 0 saturated heterocycles. The summed E-state index contributed by atoms with van der Waals surface area (Å²) in [7, 11) is 0. The maximum atomic E-state index is 3.74. The predicted molar refractivity (Wildman–Crippen MR) is 97.1 cm³/mol. The molecule has 2 rings (SSSR count). The van der Waals surface area contributed by atoms with E-state index in [9.17, 15) is 0 Å². The van der Waals surface area contributed by atoms with Gasteiger partial charge in [-0.1, -0.05) is 27.7 Å². The summed E-state index contributed by atoms with van der Waals surface area (Å²) in [5.41, 5.74) is 1.95. The summed E-state index contributed by atoms with van der Waals surface area (Å²) in [6.45, 7) is 9.36. The SMILES string of the molecule is CC(Cc1c(Br)sc2cc(I)sc12)CC(C)(C)C. The molecule has 2 aromatic rings. The third-order valence-electron chi connectivity index (χ3n) is 2.89. The zero-order valence-electron chi connectivity index (χ0n) is 11.1. The van der Waals surface area contributed by atoms with Gasteiger partial charge in [-0.05, 0) is 74.3 Å². The number of hydrogen-bond donors (Lipinski definition) is 0. The van der Waals surface area contributed by atoms with Gasteiger partial charge in [0.15, 0.2) is 0 Å². The molecule has 1 unspecified atom stereocenters. The van der Waals surface area contributed by atoms with Gasteiger partial charge in [-0.25, -0.2) is 0 Å². The fourth-order valence-corrected chi connectivity index (χ4v) is 6.84. The minimum atomic E-state index is 0.422. The van der Waals surface area contributed by atoms with Gasteiger partial charge >= 0.3 is 0 Å². The Labute approximate surface area is 139 Å². The van der Waals surface area contributed by atoms with Crippen molar-refractivity contribution in [3.05, 3.63) is 18.3 Å². The smallest absolute Gasteiger partial charge is 0.0751 e. The van der Waals surface area contributed by atoms with Crippen LogP contribution >= 0.6 is 61.2 Å². The highest BCUT2D eigenvalue weighted by molar-refractivity contribution is 14.1. The minimum Gasteiger partial charge on any atom is -0.128 e. The van der Waals surface area contributed by atoms with E-state index >= 15 is 0 Å². The molecule has 0 aliphatic rings. The minimum absolute atomic E-state index is 0.422. The monoisotopic (exact) mass is 456 g/mol. The Morgan fingerprint density at radius 1 is 1.33 bits per heavy atom. The topological polar surface area (TPSA) is 0 Å². The van der Waals surface area contributed by atoms with Gasteiger partial charge in [0, 0.05) is 4.70 Å². The Morgan fingerprint density at radius 2 is 2.00 bits per heavy atom. The highest BCUT2D eigenvalue weighted by atomic mass is 127. The van der Waals surface area contributed by atoms with Crippen molar-refractivity contribution in [3.63, 3.8) is 0 Å². The van der Waals surface area contributed by atoms with E-state index in [2.05, 4.69) is 72.3 Å². The first-order valence-electron chi connectivity index (χ1n) is 6.12. The molecule has 0 spiro atoms. The van der Waals surface area contributed by atoms with E-state index in [1.165, 1.54) is 34.5 Å². The summed E-state index contributed by atoms with van der Waals surface area (Å²) in [5, 5.41) is 0. The zero-order chi connectivity index (χ0) is 13.5. The molecule has 0 N–H and O–H groups in total. The van der Waals surface area contributed by atoms with Gasteiger partial charge in [0.2, 0.25) is 0 Å². The van der Waals surface area contributed by atoms with Crippen molar-refractivity contribution in [2.45, 2.75) is 40.5 Å². The second-order valence-corrected chi connectivity index (χ2v) is 11.5. The van der Waals surface area contributed by atoms with Crippen molar-refractivity contribution in [1.29, 1.82) is 0 Å². The van der Waals surface area contributed by atoms with Gasteiger partial charge in [0.1, 0.15) is 0 Å². The van der Waals surface area contributed by atoms with Crippen molar-refractivity contribution >= 4 is 70.6 Å². The number of halogens is 2. The molecule has 0 nitrogen and oxygen atoms in total. The molecular formula is C14H18BrIS2. The first kappa shape index (κ1) is 15.3. The standard InChI is InChI=1S/C14H18BrIS2/c1-8(7-14(2,3)4)5-9-12-10(17-13(9)15)6-11(16)18-12/h6,8H,5,7H2,1-4H3. The lowest BCUT2D eigenvalue weighted by atomic mass is 9.83. The molecule has 0 fully saturated rings. The molecular weight excluding hydrogens is 439 g/mol. The van der Waals surface area contributed by atoms with Crippen LogP contribution in [-0.4, -0.2) is 0 Å². The highest BCUT2D eigenvalue weighted by Crippen LogP contribution is 2.42. The summed E-state index contributed by atoms with van der Waals surface area (Å²) >= 11 is 9.98. The second kappa shape index (κ2) is 5.70. The van der Waals surface area contributed by atoms with Gasteiger partial charge in [-0.15, -0.1) is 22.7 Å². The fraction of sp³-hybridized carbons (Fsp3) is 0.571. The first-order chi connectivity index (χ1) is 8.26. The van der Waals surface area contributed by atoms with Crippen molar-refractivity contribution in [3.8, 4) is 0 Å². The largest absolute Gasteiger partial charge is 0.128 e. The van der Waals surface area contributed by atoms with Crippen LogP contribution in [-0.2, 0) is 6.42 Å². The summed E-state index contributed by atoms with van der Waals surface area (Å²) in [5.74, 6) is 0.735. The molecule has 0 saturated carbocycles. The molecule has 2 aromatic heterocycles. The van der Waals surface area contributed by atoms with E-state index in [-0.39, 0.29) is 0 Å². The molecule has 4 heteroatoms. The van der Waals surface area contributed by atoms with Crippen LogP contribution in [0, 0.1) is 14.2 Å². The zero-order valence-corrected chi connectivity index (χ0v) is 16.5. The summed E-state index contributed by atoms with van der Waals surface area (Å²) in [4.78, 5) is 0. The Kier molecular flexibility index (Phi) is 4.83. The fourth-order valence-electron chi connectivity index (χ4n) is 2.52. The Hall–Kier alpha value is 0.870. The molecule has 2 heterocycles. The Bertz CT molecular complexity index is 548. The predicted octanol–water partition coefficient (Wildman–Crippen LogP) is 6.94. The van der Waals surface area contributed by atoms with E-state index in [1.54, 1.807) is 0 Å². The Balaban J connectivity index is 2.22. The van der Waals surface area contributed by atoms with Crippen molar-refractivity contribution < 1.29 is 0 Å². The van der Waals surface area contributed by atoms with E-state index < -0.39 is 0 Å². The highest BCUT2D eigenvalue weighted by Gasteiger charge is 2.19. The van der Waals surface area contributed by atoms with Gasteiger partial charge in [0.25, 0.3) is 0 Å². The molecule has 0 amide bonds. The number of thiophene rings is 2. The normalized spacial score (nSPS) is 14.3. The molecule has 0 aromatic carbocycles. The number of hydrogen-bond acceptors (Lipinski definition) is 2. The maximum Gasteiger partial charge on any atom is 0.0751 e. The van der Waals surface area contributed by atoms with E-state index in [4.69, 9.17) is 0 Å². The first-order valence-corrected chi connectivity index (χ1v) is 9.63. The van der Waals surface area contributed by atoms with E-state index in [0.717, 1.165) is 5.92 Å². The average Bonchev–Trinajstić information content (AvgIpc) is 2.63. The molecule has 1 atom stereocenters. The van der Waals surface area contributed by atoms with Crippen LogP contribution in [0.1, 0.15) is 39.7 Å². The van der Waals surface area contributed by atoms with Crippen molar-refractivity contribution in [1.82, 2.24) is 0 Å². The lowest BCUT2D eigenvalue weighted by Crippen LogP contribution is -2.12. The van der Waals surface area contributed by atoms with Gasteiger partial charge in [-0.3, -0.25) is 0 Å². The molecule has 100 valence electrons. The van der Waals surface area contributed by atoms with Crippen molar-refractivity contribution in [2.75, 3.05) is 0 Å². The average molecular weight is 457 g/mol. The summed E-state index contributed by atoms with van der Waals surface area (Å²) in [6, 6.07) is 2.30. The van der Waals surface area contributed by atoms with Crippen LogP contribution in [0.3, 0.4) is 0 Å². The number of rotatable bonds is 3. The van der Waals surface area contributed by atoms with Crippen LogP contribution in [0.25, 0.3) is 9.40 Å². The summed E-state index contributed by atoms with van der Waals surface area (Å²) in [6.07, 6.45) is 2.47. The van der Waals surface area contributed by atoms with Crippen LogP contribution < -0.4 is 0 Å². The Morgan fingerprint density at radius 3 is 2.61 bits per heavy atom. The van der Waals surface area contributed by atoms with Crippen molar-refractivity contribution in [2.24, 2.45) is 11.3 Å². The van der Waals surface area contributed by atoms with Crippen LogP contribution in [0.2, 0.25) is 0 Å². The van der Waals surface area contributed by atoms with Crippen LogP contribution in [0.5, 0.6) is 0 Å². The molecule has 0 radical (unpaired) electrons. The molecule has 0 aliphatic carbocycles. The van der Waals surface area contributed by atoms with Crippen LogP contribution in [0.15, 0.2) is 9.85 Å². The van der Waals surface area contributed by atoms with Gasteiger partial charge in [0.05, 0.1) is 11.4 Å². The second-order valence-electron chi connectivity index (χ2n) is 6.17. The van der Waals surface area contributed by atoms with Gasteiger partial charge in [-0.2, -0.15) is 0 Å². The molecule has 18 heavy (non-hydrogen) atoms. The number of fused-ring (bicyclic) bond motifs is 1. The van der Waals surface area contributed by atoms with Crippen LogP contribution in [0.4, 0.5) is 0 Å². The molecule has 0 bridgehead atoms. The lowest BCUT2D eigenvalue weighted by Gasteiger charge is -2.23. The van der Waals surface area contributed by atoms with E-state index in [0.29, 0.717) is 5.41 Å². The summed E-state index contributed by atoms with van der Waals surface area (Å²) < 4.78 is 5.67. The van der Waals surface area contributed by atoms with E-state index in [1.807, 2.05) is 22.7 Å².